The predicted octanol–water partition coefficient (Wildman–Crippen LogP) is 2.62. The van der Waals surface area contributed by atoms with E-state index in [9.17, 15) is 4.79 Å². The van der Waals surface area contributed by atoms with Crippen LogP contribution in [0, 0.1) is 33.6 Å². The van der Waals surface area contributed by atoms with E-state index in [1.165, 1.54) is 22.3 Å². The Morgan fingerprint density at radius 3 is 2.05 bits per heavy atom. The van der Waals surface area contributed by atoms with Crippen LogP contribution in [0.2, 0.25) is 0 Å². The average molecular weight is 260 g/mol. The Morgan fingerprint density at radius 2 is 1.63 bits per heavy atom. The second-order valence-electron chi connectivity index (χ2n) is 5.93. The molecule has 1 aromatic carbocycles. The van der Waals surface area contributed by atoms with Crippen molar-refractivity contribution >= 4 is 11.6 Å². The molecule has 1 amide bonds. The Bertz CT molecular complexity index is 490. The summed E-state index contributed by atoms with van der Waals surface area (Å²) < 4.78 is 0. The standard InChI is InChI=1S/C16H24N2O/c1-9-6-10(2)12(4)15(11(9)3)18(5)16(19)13-7-14(17)8-13/h6,13-14H,7-8,17H2,1-5H3. The van der Waals surface area contributed by atoms with Gasteiger partial charge in [0.15, 0.2) is 0 Å². The molecule has 0 unspecified atom stereocenters. The highest BCUT2D eigenvalue weighted by Crippen LogP contribution is 2.33. The van der Waals surface area contributed by atoms with Crippen LogP contribution < -0.4 is 10.6 Å². The summed E-state index contributed by atoms with van der Waals surface area (Å²) >= 11 is 0. The van der Waals surface area contributed by atoms with Crippen LogP contribution in [-0.2, 0) is 4.79 Å². The molecule has 0 saturated heterocycles. The zero-order chi connectivity index (χ0) is 14.3. The van der Waals surface area contributed by atoms with Crippen molar-refractivity contribution < 1.29 is 4.79 Å². The van der Waals surface area contributed by atoms with Gasteiger partial charge in [-0.25, -0.2) is 0 Å². The minimum atomic E-state index is 0.111. The Labute approximate surface area is 115 Å². The second-order valence-corrected chi connectivity index (χ2v) is 5.93. The van der Waals surface area contributed by atoms with E-state index >= 15 is 0 Å². The molecule has 3 nitrogen and oxygen atoms in total. The third kappa shape index (κ3) is 2.39. The predicted molar refractivity (Wildman–Crippen MR) is 79.5 cm³/mol. The Kier molecular flexibility index (Phi) is 3.68. The summed E-state index contributed by atoms with van der Waals surface area (Å²) in [5.74, 6) is 0.317. The van der Waals surface area contributed by atoms with Gasteiger partial charge in [0.25, 0.3) is 0 Å². The summed E-state index contributed by atoms with van der Waals surface area (Å²) in [5, 5.41) is 0. The zero-order valence-electron chi connectivity index (χ0n) is 12.6. The number of hydrogen-bond donors (Lipinski definition) is 1. The molecule has 1 aliphatic carbocycles. The lowest BCUT2D eigenvalue weighted by atomic mass is 9.80. The average Bonchev–Trinajstić information content (AvgIpc) is 2.32. The molecular weight excluding hydrogens is 236 g/mol. The first-order chi connectivity index (χ1) is 8.82. The normalized spacial score (nSPS) is 22.0. The number of amides is 1. The van der Waals surface area contributed by atoms with Gasteiger partial charge >= 0.3 is 0 Å². The first kappa shape index (κ1) is 14.1. The van der Waals surface area contributed by atoms with Gasteiger partial charge in [-0.15, -0.1) is 0 Å². The summed E-state index contributed by atoms with van der Waals surface area (Å²) in [5.41, 5.74) is 11.7. The number of carbonyl (C=O) groups excluding carboxylic acids is 1. The third-order valence-corrected chi connectivity index (χ3v) is 4.52. The van der Waals surface area contributed by atoms with Gasteiger partial charge in [-0.1, -0.05) is 6.07 Å². The van der Waals surface area contributed by atoms with Crippen molar-refractivity contribution in [2.24, 2.45) is 11.7 Å². The number of rotatable bonds is 2. The summed E-state index contributed by atoms with van der Waals surface area (Å²) in [7, 11) is 1.89. The maximum absolute atomic E-state index is 12.5. The lowest BCUT2D eigenvalue weighted by Crippen LogP contribution is -2.46. The fourth-order valence-electron chi connectivity index (χ4n) is 2.95. The van der Waals surface area contributed by atoms with Crippen molar-refractivity contribution in [3.63, 3.8) is 0 Å². The molecule has 2 rings (SSSR count). The van der Waals surface area contributed by atoms with Crippen LogP contribution in [0.15, 0.2) is 6.07 Å². The van der Waals surface area contributed by atoms with Crippen LogP contribution in [0.4, 0.5) is 5.69 Å². The van der Waals surface area contributed by atoms with Gasteiger partial charge < -0.3 is 10.6 Å². The molecular formula is C16H24N2O. The van der Waals surface area contributed by atoms with Crippen LogP contribution >= 0.6 is 0 Å². The summed E-state index contributed by atoms with van der Waals surface area (Å²) in [6.45, 7) is 8.38. The van der Waals surface area contributed by atoms with E-state index in [0.29, 0.717) is 0 Å². The largest absolute Gasteiger partial charge is 0.328 e. The van der Waals surface area contributed by atoms with Gasteiger partial charge in [-0.2, -0.15) is 0 Å². The highest BCUT2D eigenvalue weighted by Gasteiger charge is 2.34. The van der Waals surface area contributed by atoms with Crippen molar-refractivity contribution in [2.45, 2.75) is 46.6 Å². The molecule has 3 heteroatoms. The van der Waals surface area contributed by atoms with Gasteiger partial charge in [-0.3, -0.25) is 4.79 Å². The van der Waals surface area contributed by atoms with E-state index in [0.717, 1.165) is 18.5 Å². The lowest BCUT2D eigenvalue weighted by molar-refractivity contribution is -0.124. The molecule has 0 bridgehead atoms. The zero-order valence-corrected chi connectivity index (χ0v) is 12.6. The number of nitrogens with two attached hydrogens (primary N) is 1. The smallest absolute Gasteiger partial charge is 0.229 e. The fraction of sp³-hybridized carbons (Fsp3) is 0.562. The van der Waals surface area contributed by atoms with Gasteiger partial charge in [0.2, 0.25) is 5.91 Å². The lowest BCUT2D eigenvalue weighted by Gasteiger charge is -2.35. The first-order valence-electron chi connectivity index (χ1n) is 6.93. The van der Waals surface area contributed by atoms with Crippen molar-refractivity contribution in [1.29, 1.82) is 0 Å². The number of aryl methyl sites for hydroxylation is 2. The summed E-state index contributed by atoms with van der Waals surface area (Å²) in [6.07, 6.45) is 1.65. The van der Waals surface area contributed by atoms with E-state index in [4.69, 9.17) is 5.73 Å². The van der Waals surface area contributed by atoms with Gasteiger partial charge in [0, 0.05) is 24.7 Å². The summed E-state index contributed by atoms with van der Waals surface area (Å²) in [6, 6.07) is 2.40. The molecule has 1 aromatic rings. The van der Waals surface area contributed by atoms with Crippen molar-refractivity contribution in [3.05, 3.63) is 28.3 Å². The molecule has 1 aliphatic rings. The van der Waals surface area contributed by atoms with E-state index in [-0.39, 0.29) is 17.9 Å². The minimum Gasteiger partial charge on any atom is -0.328 e. The second kappa shape index (κ2) is 4.97. The van der Waals surface area contributed by atoms with Crippen LogP contribution in [0.5, 0.6) is 0 Å². The van der Waals surface area contributed by atoms with Gasteiger partial charge in [-0.05, 0) is 62.8 Å². The molecule has 0 aliphatic heterocycles. The minimum absolute atomic E-state index is 0.111. The quantitative estimate of drug-likeness (QED) is 0.888. The van der Waals surface area contributed by atoms with Crippen LogP contribution in [-0.4, -0.2) is 19.0 Å². The van der Waals surface area contributed by atoms with Crippen LogP contribution in [0.3, 0.4) is 0 Å². The fourth-order valence-corrected chi connectivity index (χ4v) is 2.95. The van der Waals surface area contributed by atoms with Crippen molar-refractivity contribution in [3.8, 4) is 0 Å². The maximum Gasteiger partial charge on any atom is 0.229 e. The van der Waals surface area contributed by atoms with E-state index in [1.807, 2.05) is 11.9 Å². The molecule has 1 saturated carbocycles. The topological polar surface area (TPSA) is 46.3 Å². The molecule has 19 heavy (non-hydrogen) atoms. The molecule has 0 aromatic heterocycles. The highest BCUT2D eigenvalue weighted by molar-refractivity contribution is 5.97. The number of hydrogen-bond acceptors (Lipinski definition) is 2. The number of benzene rings is 1. The summed E-state index contributed by atoms with van der Waals surface area (Å²) in [4.78, 5) is 14.3. The molecule has 104 valence electrons. The van der Waals surface area contributed by atoms with E-state index < -0.39 is 0 Å². The molecule has 0 atom stereocenters. The highest BCUT2D eigenvalue weighted by atomic mass is 16.2. The maximum atomic E-state index is 12.5. The van der Waals surface area contributed by atoms with Crippen molar-refractivity contribution in [1.82, 2.24) is 0 Å². The van der Waals surface area contributed by atoms with E-state index in [1.54, 1.807) is 0 Å². The number of carbonyl (C=O) groups is 1. The monoisotopic (exact) mass is 260 g/mol. The molecule has 1 fully saturated rings. The molecule has 2 N–H and O–H groups in total. The van der Waals surface area contributed by atoms with Crippen LogP contribution in [0.25, 0.3) is 0 Å². The molecule has 0 heterocycles. The number of nitrogens with zero attached hydrogens (tertiary/aromatic N) is 1. The van der Waals surface area contributed by atoms with Crippen LogP contribution in [0.1, 0.15) is 35.1 Å². The Morgan fingerprint density at radius 1 is 1.16 bits per heavy atom. The first-order valence-corrected chi connectivity index (χ1v) is 6.93. The Hall–Kier alpha value is -1.35. The van der Waals surface area contributed by atoms with Crippen molar-refractivity contribution in [2.75, 3.05) is 11.9 Å². The van der Waals surface area contributed by atoms with Gasteiger partial charge in [0.1, 0.15) is 0 Å². The molecule has 0 radical (unpaired) electrons. The third-order valence-electron chi connectivity index (χ3n) is 4.52. The van der Waals surface area contributed by atoms with Gasteiger partial charge in [0.05, 0.1) is 0 Å². The molecule has 0 spiro atoms. The Balaban J connectivity index is 2.33. The number of anilines is 1. The SMILES string of the molecule is Cc1cc(C)c(C)c(N(C)C(=O)C2CC(N)C2)c1C. The van der Waals surface area contributed by atoms with E-state index in [2.05, 4.69) is 33.8 Å².